The number of fused-ring (bicyclic) bond motifs is 1. The maximum absolute atomic E-state index is 12.6. The number of hydrogen-bond acceptors (Lipinski definition) is 7. The highest BCUT2D eigenvalue weighted by molar-refractivity contribution is 7.21. The molecule has 3 rings (SSSR count). The van der Waals surface area contributed by atoms with E-state index in [1.54, 1.807) is 24.7 Å². The number of para-hydroxylation sites is 1. The van der Waals surface area contributed by atoms with Gasteiger partial charge in [-0.3, -0.25) is 9.36 Å². The monoisotopic (exact) mass is 416 g/mol. The number of carbonyl (C=O) groups is 1. The zero-order valence-corrected chi connectivity index (χ0v) is 17.3. The fourth-order valence-electron chi connectivity index (χ4n) is 2.87. The van der Waals surface area contributed by atoms with E-state index < -0.39 is 5.97 Å². The van der Waals surface area contributed by atoms with Crippen LogP contribution in [-0.4, -0.2) is 44.1 Å². The molecule has 0 saturated heterocycles. The van der Waals surface area contributed by atoms with Gasteiger partial charge in [-0.1, -0.05) is 18.2 Å². The zero-order valence-electron chi connectivity index (χ0n) is 16.5. The molecule has 1 N–H and O–H groups in total. The van der Waals surface area contributed by atoms with Gasteiger partial charge >= 0.3 is 5.97 Å². The smallest absolute Gasteiger partial charge is 0.350 e. The van der Waals surface area contributed by atoms with E-state index in [4.69, 9.17) is 14.2 Å². The first kappa shape index (κ1) is 21.0. The minimum absolute atomic E-state index is 0.143. The van der Waals surface area contributed by atoms with Crippen LogP contribution in [0.15, 0.2) is 47.3 Å². The lowest BCUT2D eigenvalue weighted by Gasteiger charge is -2.09. The van der Waals surface area contributed by atoms with E-state index in [-0.39, 0.29) is 12.2 Å². The molecule has 2 aromatic heterocycles. The minimum atomic E-state index is -0.414. The van der Waals surface area contributed by atoms with Crippen molar-refractivity contribution in [3.63, 3.8) is 0 Å². The second-order valence-corrected chi connectivity index (χ2v) is 7.16. The van der Waals surface area contributed by atoms with E-state index in [9.17, 15) is 9.59 Å². The summed E-state index contributed by atoms with van der Waals surface area (Å²) in [5.74, 6) is -0.414. The summed E-state index contributed by atoms with van der Waals surface area (Å²) >= 11 is 1.25. The molecule has 0 fully saturated rings. The highest BCUT2D eigenvalue weighted by atomic mass is 32.1. The predicted molar refractivity (Wildman–Crippen MR) is 114 cm³/mol. The molecule has 0 amide bonds. The Kier molecular flexibility index (Phi) is 7.40. The van der Waals surface area contributed by atoms with Gasteiger partial charge in [-0.05, 0) is 25.1 Å². The molecule has 0 aliphatic carbocycles. The third-order valence-corrected chi connectivity index (χ3v) is 5.43. The van der Waals surface area contributed by atoms with E-state index in [1.165, 1.54) is 17.4 Å². The van der Waals surface area contributed by atoms with Crippen molar-refractivity contribution >= 4 is 38.9 Å². The van der Waals surface area contributed by atoms with E-state index >= 15 is 0 Å². The molecule has 0 bridgehead atoms. The van der Waals surface area contributed by atoms with E-state index in [2.05, 4.69) is 5.32 Å². The fourth-order valence-corrected chi connectivity index (χ4v) is 4.04. The Morgan fingerprint density at radius 1 is 1.10 bits per heavy atom. The second-order valence-electron chi connectivity index (χ2n) is 6.16. The normalized spacial score (nSPS) is 11.0. The number of benzene rings is 1. The number of aromatic nitrogens is 1. The van der Waals surface area contributed by atoms with Gasteiger partial charge in [0.05, 0.1) is 38.7 Å². The molecular formula is C21H24N2O5S. The van der Waals surface area contributed by atoms with Gasteiger partial charge in [0, 0.05) is 24.2 Å². The Bertz CT molecular complexity index is 1010. The molecule has 0 spiro atoms. The fraction of sp³-hybridized carbons (Fsp3) is 0.333. The number of methoxy groups -OCH3 is 1. The first-order valence-corrected chi connectivity index (χ1v) is 10.2. The van der Waals surface area contributed by atoms with Crippen LogP contribution in [0.4, 0.5) is 11.4 Å². The summed E-state index contributed by atoms with van der Waals surface area (Å²) in [4.78, 5) is 26.2. The molecule has 0 aliphatic rings. The van der Waals surface area contributed by atoms with E-state index in [0.29, 0.717) is 41.8 Å². The highest BCUT2D eigenvalue weighted by Crippen LogP contribution is 2.37. The van der Waals surface area contributed by atoms with Crippen LogP contribution in [0.5, 0.6) is 0 Å². The first-order chi connectivity index (χ1) is 14.2. The van der Waals surface area contributed by atoms with Gasteiger partial charge in [-0.25, -0.2) is 4.79 Å². The van der Waals surface area contributed by atoms with Crippen molar-refractivity contribution in [1.82, 2.24) is 4.57 Å². The topological polar surface area (TPSA) is 78.8 Å². The number of rotatable bonds is 10. The van der Waals surface area contributed by atoms with Crippen LogP contribution in [0.1, 0.15) is 16.6 Å². The Labute approximate surface area is 172 Å². The molecule has 154 valence electrons. The highest BCUT2D eigenvalue weighted by Gasteiger charge is 2.22. The maximum Gasteiger partial charge on any atom is 0.350 e. The van der Waals surface area contributed by atoms with Gasteiger partial charge < -0.3 is 19.5 Å². The lowest BCUT2D eigenvalue weighted by Crippen LogP contribution is -2.21. The van der Waals surface area contributed by atoms with Crippen molar-refractivity contribution in [3.05, 3.63) is 57.7 Å². The van der Waals surface area contributed by atoms with Crippen molar-refractivity contribution < 1.29 is 19.0 Å². The molecule has 0 unspecified atom stereocenters. The van der Waals surface area contributed by atoms with E-state index in [0.717, 1.165) is 11.1 Å². The summed E-state index contributed by atoms with van der Waals surface area (Å²) in [6.07, 6.45) is 0. The number of esters is 1. The minimum Gasteiger partial charge on any atom is -0.462 e. The predicted octanol–water partition coefficient (Wildman–Crippen LogP) is 3.65. The van der Waals surface area contributed by atoms with Crippen molar-refractivity contribution in [1.29, 1.82) is 0 Å². The molecular weight excluding hydrogens is 392 g/mol. The summed E-state index contributed by atoms with van der Waals surface area (Å²) in [7, 11) is 1.61. The van der Waals surface area contributed by atoms with Crippen LogP contribution in [-0.2, 0) is 20.8 Å². The number of ether oxygens (including phenoxy) is 3. The largest absolute Gasteiger partial charge is 0.462 e. The third-order valence-electron chi connectivity index (χ3n) is 4.22. The Hall–Kier alpha value is -2.68. The van der Waals surface area contributed by atoms with Crippen molar-refractivity contribution in [3.8, 4) is 0 Å². The molecule has 0 radical (unpaired) electrons. The average molecular weight is 416 g/mol. The van der Waals surface area contributed by atoms with Crippen molar-refractivity contribution in [2.75, 3.05) is 38.9 Å². The van der Waals surface area contributed by atoms with Crippen molar-refractivity contribution in [2.24, 2.45) is 0 Å². The summed E-state index contributed by atoms with van der Waals surface area (Å²) in [6.45, 7) is 3.75. The van der Waals surface area contributed by atoms with Gasteiger partial charge in [0.2, 0.25) is 0 Å². The molecule has 0 aliphatic heterocycles. The lowest BCUT2D eigenvalue weighted by atomic mass is 10.2. The summed E-state index contributed by atoms with van der Waals surface area (Å²) in [5, 5.41) is 4.10. The van der Waals surface area contributed by atoms with Gasteiger partial charge in [0.1, 0.15) is 9.71 Å². The van der Waals surface area contributed by atoms with Crippen LogP contribution < -0.4 is 10.9 Å². The van der Waals surface area contributed by atoms with Crippen molar-refractivity contribution in [2.45, 2.75) is 13.5 Å². The van der Waals surface area contributed by atoms with Crippen LogP contribution in [0.25, 0.3) is 10.2 Å². The van der Waals surface area contributed by atoms with Crippen LogP contribution in [0.3, 0.4) is 0 Å². The van der Waals surface area contributed by atoms with E-state index in [1.807, 2.05) is 30.3 Å². The van der Waals surface area contributed by atoms with Crippen LogP contribution >= 0.6 is 11.3 Å². The molecule has 0 atom stereocenters. The zero-order chi connectivity index (χ0) is 20.6. The summed E-state index contributed by atoms with van der Waals surface area (Å²) < 4.78 is 17.3. The molecule has 29 heavy (non-hydrogen) atoms. The SMILES string of the molecule is CCOC(=O)c1sc2c(ccc(=O)n2CCOCCOC)c1Nc1ccccc1. The molecule has 8 heteroatoms. The second kappa shape index (κ2) is 10.2. The Morgan fingerprint density at radius 3 is 2.62 bits per heavy atom. The van der Waals surface area contributed by atoms with Gasteiger partial charge in [-0.15, -0.1) is 11.3 Å². The Balaban J connectivity index is 2.00. The standard InChI is InChI=1S/C21H24N2O5S/c1-3-28-21(25)19-18(22-15-7-5-4-6-8-15)16-9-10-17(24)23(20(16)29-19)11-12-27-14-13-26-2/h4-10,22H,3,11-14H2,1-2H3. The molecule has 3 aromatic rings. The number of pyridine rings is 1. The lowest BCUT2D eigenvalue weighted by molar-refractivity contribution is 0.0533. The quantitative estimate of drug-likeness (QED) is 0.402. The number of carbonyl (C=O) groups excluding carboxylic acids is 1. The van der Waals surface area contributed by atoms with Crippen LogP contribution in [0.2, 0.25) is 0 Å². The average Bonchev–Trinajstić information content (AvgIpc) is 3.09. The molecule has 0 saturated carbocycles. The van der Waals surface area contributed by atoms with Gasteiger partial charge in [0.25, 0.3) is 5.56 Å². The third kappa shape index (κ3) is 5.03. The summed E-state index contributed by atoms with van der Waals surface area (Å²) in [6, 6.07) is 12.8. The summed E-state index contributed by atoms with van der Waals surface area (Å²) in [5.41, 5.74) is 1.35. The molecule has 7 nitrogen and oxygen atoms in total. The molecule has 1 aromatic carbocycles. The Morgan fingerprint density at radius 2 is 1.90 bits per heavy atom. The maximum atomic E-state index is 12.6. The number of anilines is 2. The number of nitrogens with one attached hydrogen (secondary N) is 1. The molecule has 2 heterocycles. The number of thiophene rings is 1. The number of hydrogen-bond donors (Lipinski definition) is 1. The van der Waals surface area contributed by atoms with Gasteiger partial charge in [-0.2, -0.15) is 0 Å². The van der Waals surface area contributed by atoms with Crippen LogP contribution in [0, 0.1) is 0 Å². The van der Waals surface area contributed by atoms with Gasteiger partial charge in [0.15, 0.2) is 0 Å². The first-order valence-electron chi connectivity index (χ1n) is 9.38. The number of nitrogens with zero attached hydrogens (tertiary/aromatic N) is 1.